The van der Waals surface area contributed by atoms with Gasteiger partial charge in [-0.2, -0.15) is 0 Å². The van der Waals surface area contributed by atoms with Crippen molar-refractivity contribution in [3.8, 4) is 5.75 Å². The highest BCUT2D eigenvalue weighted by molar-refractivity contribution is 5.73. The Morgan fingerprint density at radius 1 is 1.38 bits per heavy atom. The van der Waals surface area contributed by atoms with Crippen LogP contribution in [0.2, 0.25) is 0 Å². The minimum atomic E-state index is -0.312. The fraction of sp³-hybridized carbons (Fsp3) is 0.278. The first kappa shape index (κ1) is 14.7. The standard InChI is InChI=1S/C18H17N3O3/c1-24-15-8-7-14(21(22)23)16-12-5-2-6-13(12)17(20-18(15)16)11-4-3-9-19-10-11/h2-5,7-10,12-13,17,20H,6H2,1H3/t12-,13-,17+/m0/s1. The highest BCUT2D eigenvalue weighted by Gasteiger charge is 2.42. The van der Waals surface area contributed by atoms with Crippen LogP contribution >= 0.6 is 0 Å². The van der Waals surface area contributed by atoms with Crippen LogP contribution in [0, 0.1) is 16.0 Å². The number of hydrogen-bond donors (Lipinski definition) is 1. The van der Waals surface area contributed by atoms with E-state index in [9.17, 15) is 10.1 Å². The predicted molar refractivity (Wildman–Crippen MR) is 90.2 cm³/mol. The Morgan fingerprint density at radius 2 is 2.25 bits per heavy atom. The van der Waals surface area contributed by atoms with Crippen molar-refractivity contribution in [1.82, 2.24) is 4.98 Å². The van der Waals surface area contributed by atoms with Crippen molar-refractivity contribution < 1.29 is 9.66 Å². The molecule has 0 saturated carbocycles. The normalized spacial score (nSPS) is 24.0. The van der Waals surface area contributed by atoms with Gasteiger partial charge in [0.15, 0.2) is 0 Å². The molecule has 0 bridgehead atoms. The molecular weight excluding hydrogens is 306 g/mol. The van der Waals surface area contributed by atoms with Crippen molar-refractivity contribution in [2.75, 3.05) is 12.4 Å². The fourth-order valence-corrected chi connectivity index (χ4v) is 3.88. The smallest absolute Gasteiger partial charge is 0.275 e. The van der Waals surface area contributed by atoms with E-state index in [4.69, 9.17) is 4.74 Å². The number of pyridine rings is 1. The van der Waals surface area contributed by atoms with Crippen LogP contribution in [0.4, 0.5) is 11.4 Å². The number of fused-ring (bicyclic) bond motifs is 3. The number of ether oxygens (including phenoxy) is 1. The Balaban J connectivity index is 1.90. The van der Waals surface area contributed by atoms with Gasteiger partial charge in [-0.05, 0) is 30.0 Å². The van der Waals surface area contributed by atoms with Gasteiger partial charge < -0.3 is 10.1 Å². The number of aromatic nitrogens is 1. The summed E-state index contributed by atoms with van der Waals surface area (Å²) in [6, 6.07) is 7.18. The molecule has 2 heterocycles. The van der Waals surface area contributed by atoms with Gasteiger partial charge in [0.25, 0.3) is 5.69 Å². The number of hydrogen-bond acceptors (Lipinski definition) is 5. The molecule has 0 unspecified atom stereocenters. The van der Waals surface area contributed by atoms with Crippen LogP contribution in [-0.4, -0.2) is 17.0 Å². The predicted octanol–water partition coefficient (Wildman–Crippen LogP) is 3.82. The lowest BCUT2D eigenvalue weighted by Crippen LogP contribution is -2.30. The summed E-state index contributed by atoms with van der Waals surface area (Å²) >= 11 is 0. The number of anilines is 1. The topological polar surface area (TPSA) is 77.3 Å². The summed E-state index contributed by atoms with van der Waals surface area (Å²) in [6.07, 6.45) is 8.67. The molecule has 0 fully saturated rings. The number of nitrogens with zero attached hydrogens (tertiary/aromatic N) is 2. The summed E-state index contributed by atoms with van der Waals surface area (Å²) in [5.41, 5.74) is 2.66. The van der Waals surface area contributed by atoms with Crippen molar-refractivity contribution in [1.29, 1.82) is 0 Å². The first-order chi connectivity index (χ1) is 11.7. The molecule has 0 amide bonds. The molecule has 6 heteroatoms. The van der Waals surface area contributed by atoms with Gasteiger partial charge in [-0.25, -0.2) is 0 Å². The van der Waals surface area contributed by atoms with Crippen LogP contribution in [0.3, 0.4) is 0 Å². The zero-order valence-corrected chi connectivity index (χ0v) is 13.2. The summed E-state index contributed by atoms with van der Waals surface area (Å²) in [5, 5.41) is 15.0. The highest BCUT2D eigenvalue weighted by atomic mass is 16.6. The summed E-state index contributed by atoms with van der Waals surface area (Å²) < 4.78 is 5.46. The van der Waals surface area contributed by atoms with Crippen LogP contribution in [0.1, 0.15) is 29.5 Å². The van der Waals surface area contributed by atoms with Gasteiger partial charge in [-0.1, -0.05) is 18.2 Å². The molecule has 1 aromatic carbocycles. The van der Waals surface area contributed by atoms with E-state index in [2.05, 4.69) is 22.5 Å². The lowest BCUT2D eigenvalue weighted by Gasteiger charge is -2.37. The third kappa shape index (κ3) is 2.14. The molecule has 1 aromatic heterocycles. The van der Waals surface area contributed by atoms with Gasteiger partial charge in [-0.15, -0.1) is 0 Å². The molecule has 3 atom stereocenters. The zero-order chi connectivity index (χ0) is 16.7. The molecule has 6 nitrogen and oxygen atoms in total. The lowest BCUT2D eigenvalue weighted by molar-refractivity contribution is -0.385. The van der Waals surface area contributed by atoms with Crippen LogP contribution in [-0.2, 0) is 0 Å². The minimum absolute atomic E-state index is 0.00181. The summed E-state index contributed by atoms with van der Waals surface area (Å²) in [4.78, 5) is 15.4. The van der Waals surface area contributed by atoms with Crippen molar-refractivity contribution >= 4 is 11.4 Å². The second kappa shape index (κ2) is 5.63. The van der Waals surface area contributed by atoms with E-state index in [0.29, 0.717) is 11.4 Å². The number of rotatable bonds is 3. The Kier molecular flexibility index (Phi) is 3.45. The van der Waals surface area contributed by atoms with E-state index in [1.165, 1.54) is 6.07 Å². The van der Waals surface area contributed by atoms with E-state index in [1.807, 2.05) is 18.3 Å². The maximum Gasteiger partial charge on any atom is 0.275 e. The van der Waals surface area contributed by atoms with Gasteiger partial charge in [0, 0.05) is 24.4 Å². The zero-order valence-electron chi connectivity index (χ0n) is 13.2. The molecule has 4 rings (SSSR count). The molecule has 24 heavy (non-hydrogen) atoms. The maximum absolute atomic E-state index is 11.5. The SMILES string of the molecule is COc1ccc([N+](=O)[O-])c2c1N[C@H](c1cccnc1)[C@H]1CC=C[C@H]21. The Labute approximate surface area is 139 Å². The summed E-state index contributed by atoms with van der Waals surface area (Å²) in [6.45, 7) is 0. The number of nitro benzene ring substituents is 1. The number of nitro groups is 1. The van der Waals surface area contributed by atoms with Crippen LogP contribution in [0.5, 0.6) is 5.75 Å². The molecule has 1 aliphatic carbocycles. The molecule has 1 N–H and O–H groups in total. The van der Waals surface area contributed by atoms with Crippen molar-refractivity contribution in [2.45, 2.75) is 18.4 Å². The van der Waals surface area contributed by atoms with E-state index in [-0.39, 0.29) is 28.5 Å². The molecular formula is C18H17N3O3. The number of methoxy groups -OCH3 is 1. The Morgan fingerprint density at radius 3 is 2.96 bits per heavy atom. The van der Waals surface area contributed by atoms with Crippen LogP contribution in [0.25, 0.3) is 0 Å². The first-order valence-electron chi connectivity index (χ1n) is 7.89. The Hall–Kier alpha value is -2.89. The van der Waals surface area contributed by atoms with Gasteiger partial charge >= 0.3 is 0 Å². The monoisotopic (exact) mass is 323 g/mol. The molecule has 2 aromatic rings. The van der Waals surface area contributed by atoms with Gasteiger partial charge in [-0.3, -0.25) is 15.1 Å². The van der Waals surface area contributed by atoms with Crippen molar-refractivity contribution in [3.05, 3.63) is 70.1 Å². The lowest BCUT2D eigenvalue weighted by atomic mass is 9.76. The van der Waals surface area contributed by atoms with Gasteiger partial charge in [0.05, 0.1) is 29.3 Å². The number of nitrogens with one attached hydrogen (secondary N) is 1. The molecule has 0 radical (unpaired) electrons. The molecule has 1 aliphatic heterocycles. The average molecular weight is 323 g/mol. The van der Waals surface area contributed by atoms with E-state index in [0.717, 1.165) is 17.5 Å². The maximum atomic E-state index is 11.5. The second-order valence-electron chi connectivity index (χ2n) is 6.09. The highest BCUT2D eigenvalue weighted by Crippen LogP contribution is 2.54. The minimum Gasteiger partial charge on any atom is -0.495 e. The quantitative estimate of drug-likeness (QED) is 0.528. The average Bonchev–Trinajstić information content (AvgIpc) is 3.10. The molecule has 122 valence electrons. The van der Waals surface area contributed by atoms with Crippen molar-refractivity contribution in [2.24, 2.45) is 5.92 Å². The third-order valence-electron chi connectivity index (χ3n) is 4.92. The molecule has 2 aliphatic rings. The Bertz CT molecular complexity index is 820. The van der Waals surface area contributed by atoms with E-state index < -0.39 is 0 Å². The largest absolute Gasteiger partial charge is 0.495 e. The summed E-state index contributed by atoms with van der Waals surface area (Å²) in [7, 11) is 1.58. The number of allylic oxidation sites excluding steroid dienone is 2. The van der Waals surface area contributed by atoms with Crippen LogP contribution < -0.4 is 10.1 Å². The molecule has 0 saturated heterocycles. The number of benzene rings is 1. The van der Waals surface area contributed by atoms with Gasteiger partial charge in [0.1, 0.15) is 5.75 Å². The third-order valence-corrected chi connectivity index (χ3v) is 4.92. The first-order valence-corrected chi connectivity index (χ1v) is 7.89. The molecule has 0 spiro atoms. The fourth-order valence-electron chi connectivity index (χ4n) is 3.88. The second-order valence-corrected chi connectivity index (χ2v) is 6.09. The van der Waals surface area contributed by atoms with Crippen molar-refractivity contribution in [3.63, 3.8) is 0 Å². The van der Waals surface area contributed by atoms with Gasteiger partial charge in [0.2, 0.25) is 0 Å². The van der Waals surface area contributed by atoms with E-state index >= 15 is 0 Å². The van der Waals surface area contributed by atoms with E-state index in [1.54, 1.807) is 19.4 Å². The summed E-state index contributed by atoms with van der Waals surface area (Å²) in [5.74, 6) is 0.859. The van der Waals surface area contributed by atoms with Crippen LogP contribution in [0.15, 0.2) is 48.8 Å².